The molecule has 2 aromatic rings. The van der Waals surface area contributed by atoms with Crippen molar-refractivity contribution in [2.45, 2.75) is 13.1 Å². The Morgan fingerprint density at radius 2 is 1.60 bits per heavy atom. The first kappa shape index (κ1) is 15.5. The van der Waals surface area contributed by atoms with Crippen molar-refractivity contribution in [3.63, 3.8) is 0 Å². The molecular weight excluding hydrogens is 382 g/mol. The molecule has 0 bridgehead atoms. The van der Waals surface area contributed by atoms with E-state index in [1.54, 1.807) is 7.11 Å². The van der Waals surface area contributed by atoms with Gasteiger partial charge in [-0.05, 0) is 42.4 Å². The molecule has 0 aliphatic rings. The first-order chi connectivity index (χ1) is 9.60. The highest BCUT2D eigenvalue weighted by molar-refractivity contribution is 9.10. The number of halogens is 2. The van der Waals surface area contributed by atoms with Crippen molar-refractivity contribution in [1.82, 2.24) is 4.90 Å². The molecule has 0 fully saturated rings. The van der Waals surface area contributed by atoms with Crippen LogP contribution in [0.5, 0.6) is 5.75 Å². The van der Waals surface area contributed by atoms with Gasteiger partial charge in [0.2, 0.25) is 0 Å². The lowest BCUT2D eigenvalue weighted by molar-refractivity contribution is 0.317. The minimum Gasteiger partial charge on any atom is -0.497 e. The third-order valence-corrected chi connectivity index (χ3v) is 4.64. The molecule has 0 saturated carbocycles. The molecule has 2 nitrogen and oxygen atoms in total. The van der Waals surface area contributed by atoms with E-state index in [1.165, 1.54) is 11.1 Å². The number of ether oxygens (including phenoxy) is 1. The van der Waals surface area contributed by atoms with Crippen LogP contribution in [0.25, 0.3) is 0 Å². The van der Waals surface area contributed by atoms with E-state index < -0.39 is 0 Å². The van der Waals surface area contributed by atoms with Gasteiger partial charge in [-0.15, -0.1) is 0 Å². The SMILES string of the molecule is COc1ccc(Br)c(CN(C)Cc2ccccc2Br)c1. The zero-order chi connectivity index (χ0) is 14.5. The Morgan fingerprint density at radius 3 is 2.30 bits per heavy atom. The van der Waals surface area contributed by atoms with Crippen LogP contribution in [0.2, 0.25) is 0 Å². The zero-order valence-electron chi connectivity index (χ0n) is 11.6. The second-order valence-corrected chi connectivity index (χ2v) is 6.43. The average molecular weight is 399 g/mol. The molecule has 0 aliphatic heterocycles. The van der Waals surface area contributed by atoms with E-state index in [2.05, 4.69) is 68.1 Å². The minimum absolute atomic E-state index is 0.860. The van der Waals surface area contributed by atoms with Gasteiger partial charge in [-0.1, -0.05) is 50.1 Å². The number of nitrogens with zero attached hydrogens (tertiary/aromatic N) is 1. The Bertz CT molecular complexity index is 586. The van der Waals surface area contributed by atoms with Crippen LogP contribution in [0.1, 0.15) is 11.1 Å². The Balaban J connectivity index is 2.08. The van der Waals surface area contributed by atoms with Crippen LogP contribution in [0.15, 0.2) is 51.4 Å². The van der Waals surface area contributed by atoms with Gasteiger partial charge in [-0.2, -0.15) is 0 Å². The molecule has 4 heteroatoms. The Kier molecular flexibility index (Phi) is 5.64. The first-order valence-electron chi connectivity index (χ1n) is 6.34. The molecule has 0 saturated heterocycles. The molecule has 106 valence electrons. The number of rotatable bonds is 5. The maximum atomic E-state index is 5.28. The van der Waals surface area contributed by atoms with Gasteiger partial charge in [0, 0.05) is 22.0 Å². The summed E-state index contributed by atoms with van der Waals surface area (Å²) in [6.45, 7) is 1.75. The molecule has 0 radical (unpaired) electrons. The fourth-order valence-electron chi connectivity index (χ4n) is 2.06. The van der Waals surface area contributed by atoms with E-state index in [0.29, 0.717) is 0 Å². The third kappa shape index (κ3) is 4.08. The molecule has 0 aliphatic carbocycles. The van der Waals surface area contributed by atoms with E-state index in [0.717, 1.165) is 27.8 Å². The van der Waals surface area contributed by atoms with Crippen LogP contribution in [-0.2, 0) is 13.1 Å². The third-order valence-electron chi connectivity index (χ3n) is 3.09. The molecule has 20 heavy (non-hydrogen) atoms. The van der Waals surface area contributed by atoms with Crippen molar-refractivity contribution >= 4 is 31.9 Å². The maximum Gasteiger partial charge on any atom is 0.119 e. The summed E-state index contributed by atoms with van der Waals surface area (Å²) in [6, 6.07) is 14.4. The Labute approximate surface area is 137 Å². The molecule has 0 amide bonds. The molecular formula is C16H17Br2NO. The molecule has 0 N–H and O–H groups in total. The van der Waals surface area contributed by atoms with Crippen LogP contribution in [0, 0.1) is 0 Å². The van der Waals surface area contributed by atoms with Crippen molar-refractivity contribution in [2.75, 3.05) is 14.2 Å². The second-order valence-electron chi connectivity index (χ2n) is 4.72. The van der Waals surface area contributed by atoms with Gasteiger partial charge in [0.1, 0.15) is 5.75 Å². The van der Waals surface area contributed by atoms with Gasteiger partial charge in [-0.25, -0.2) is 0 Å². The van der Waals surface area contributed by atoms with E-state index in [-0.39, 0.29) is 0 Å². The average Bonchev–Trinajstić information content (AvgIpc) is 2.44. The topological polar surface area (TPSA) is 12.5 Å². The summed E-state index contributed by atoms with van der Waals surface area (Å²) in [7, 11) is 3.81. The van der Waals surface area contributed by atoms with Gasteiger partial charge >= 0.3 is 0 Å². The fourth-order valence-corrected chi connectivity index (χ4v) is 2.85. The molecule has 2 rings (SSSR count). The van der Waals surface area contributed by atoms with Crippen LogP contribution < -0.4 is 4.74 Å². The van der Waals surface area contributed by atoms with Crippen LogP contribution in [-0.4, -0.2) is 19.1 Å². The second kappa shape index (κ2) is 7.25. The smallest absolute Gasteiger partial charge is 0.119 e. The predicted molar refractivity (Wildman–Crippen MR) is 90.0 cm³/mol. The van der Waals surface area contributed by atoms with Crippen molar-refractivity contribution in [3.05, 3.63) is 62.5 Å². The van der Waals surface area contributed by atoms with Crippen molar-refractivity contribution in [3.8, 4) is 5.75 Å². The van der Waals surface area contributed by atoms with Crippen LogP contribution in [0.3, 0.4) is 0 Å². The van der Waals surface area contributed by atoms with E-state index in [9.17, 15) is 0 Å². The molecule has 0 spiro atoms. The van der Waals surface area contributed by atoms with Gasteiger partial charge < -0.3 is 4.74 Å². The lowest BCUT2D eigenvalue weighted by Gasteiger charge is -2.19. The molecule has 2 aromatic carbocycles. The van der Waals surface area contributed by atoms with Gasteiger partial charge in [0.15, 0.2) is 0 Å². The number of methoxy groups -OCH3 is 1. The highest BCUT2D eigenvalue weighted by Crippen LogP contribution is 2.24. The quantitative estimate of drug-likeness (QED) is 0.713. The van der Waals surface area contributed by atoms with Gasteiger partial charge in [0.25, 0.3) is 0 Å². The summed E-state index contributed by atoms with van der Waals surface area (Å²) in [5, 5.41) is 0. The summed E-state index contributed by atoms with van der Waals surface area (Å²) in [6.07, 6.45) is 0. The van der Waals surface area contributed by atoms with E-state index >= 15 is 0 Å². The van der Waals surface area contributed by atoms with Gasteiger partial charge in [0.05, 0.1) is 7.11 Å². The number of hydrogen-bond acceptors (Lipinski definition) is 2. The summed E-state index contributed by atoms with van der Waals surface area (Å²) in [5.41, 5.74) is 2.51. The summed E-state index contributed by atoms with van der Waals surface area (Å²) < 4.78 is 7.54. The molecule has 0 atom stereocenters. The van der Waals surface area contributed by atoms with Crippen molar-refractivity contribution < 1.29 is 4.74 Å². The minimum atomic E-state index is 0.860. The Hall–Kier alpha value is -0.840. The summed E-state index contributed by atoms with van der Waals surface area (Å²) in [5.74, 6) is 0.887. The lowest BCUT2D eigenvalue weighted by atomic mass is 10.1. The highest BCUT2D eigenvalue weighted by Gasteiger charge is 2.08. The Morgan fingerprint density at radius 1 is 0.950 bits per heavy atom. The van der Waals surface area contributed by atoms with Crippen molar-refractivity contribution in [1.29, 1.82) is 0 Å². The predicted octanol–water partition coefficient (Wildman–Crippen LogP) is 4.85. The molecule has 0 heterocycles. The molecule has 0 unspecified atom stereocenters. The van der Waals surface area contributed by atoms with E-state index in [1.807, 2.05) is 18.2 Å². The zero-order valence-corrected chi connectivity index (χ0v) is 14.7. The maximum absolute atomic E-state index is 5.28. The fraction of sp³-hybridized carbons (Fsp3) is 0.250. The van der Waals surface area contributed by atoms with E-state index in [4.69, 9.17) is 4.74 Å². The first-order valence-corrected chi connectivity index (χ1v) is 7.93. The standard InChI is InChI=1S/C16H17Br2NO/c1-19(10-12-5-3-4-6-15(12)17)11-13-9-14(20-2)7-8-16(13)18/h3-9H,10-11H2,1-2H3. The summed E-state index contributed by atoms with van der Waals surface area (Å²) >= 11 is 7.19. The monoisotopic (exact) mass is 397 g/mol. The lowest BCUT2D eigenvalue weighted by Crippen LogP contribution is -2.17. The largest absolute Gasteiger partial charge is 0.497 e. The highest BCUT2D eigenvalue weighted by atomic mass is 79.9. The van der Waals surface area contributed by atoms with Crippen molar-refractivity contribution in [2.24, 2.45) is 0 Å². The molecule has 0 aromatic heterocycles. The number of hydrogen-bond donors (Lipinski definition) is 0. The van der Waals surface area contributed by atoms with Gasteiger partial charge in [-0.3, -0.25) is 4.90 Å². The normalized spacial score (nSPS) is 10.8. The number of benzene rings is 2. The van der Waals surface area contributed by atoms with Crippen LogP contribution in [0.4, 0.5) is 0 Å². The summed E-state index contributed by atoms with van der Waals surface area (Å²) in [4.78, 5) is 2.28. The van der Waals surface area contributed by atoms with Crippen LogP contribution >= 0.6 is 31.9 Å².